The molecule has 0 unspecified atom stereocenters. The van der Waals surface area contributed by atoms with Gasteiger partial charge < -0.3 is 4.74 Å². The van der Waals surface area contributed by atoms with Crippen LogP contribution in [0.15, 0.2) is 72.8 Å². The van der Waals surface area contributed by atoms with Crippen LogP contribution >= 0.6 is 23.4 Å². The molecule has 1 aliphatic heterocycles. The quantitative estimate of drug-likeness (QED) is 0.439. The zero-order valence-corrected chi connectivity index (χ0v) is 18.7. The second-order valence-electron chi connectivity index (χ2n) is 7.55. The molecule has 1 saturated heterocycles. The van der Waals surface area contributed by atoms with Crippen molar-refractivity contribution in [2.24, 2.45) is 0 Å². The lowest BCUT2D eigenvalue weighted by molar-refractivity contribution is -0.127. The molecule has 0 saturated carbocycles. The molecule has 0 aromatic heterocycles. The molecule has 31 heavy (non-hydrogen) atoms. The van der Waals surface area contributed by atoms with Crippen LogP contribution in [0.3, 0.4) is 0 Å². The van der Waals surface area contributed by atoms with Crippen LogP contribution in [0, 0.1) is 6.92 Å². The molecule has 0 radical (unpaired) electrons. The fourth-order valence-corrected chi connectivity index (χ4v) is 4.60. The molecule has 0 spiro atoms. The van der Waals surface area contributed by atoms with Crippen LogP contribution < -0.4 is 4.74 Å². The Balaban J connectivity index is 1.34. The Morgan fingerprint density at radius 2 is 1.65 bits per heavy atom. The Kier molecular flexibility index (Phi) is 6.64. The van der Waals surface area contributed by atoms with E-state index in [2.05, 4.69) is 19.1 Å². The van der Waals surface area contributed by atoms with E-state index in [0.717, 1.165) is 34.2 Å². The summed E-state index contributed by atoms with van der Waals surface area (Å²) in [5, 5.41) is 0.0169. The molecule has 2 amide bonds. The summed E-state index contributed by atoms with van der Waals surface area (Å²) in [4.78, 5) is 26.5. The predicted octanol–water partition coefficient (Wildman–Crippen LogP) is 6.03. The number of ether oxygens (including phenoxy) is 1. The smallest absolute Gasteiger partial charge is 0.289 e. The van der Waals surface area contributed by atoms with Crippen molar-refractivity contribution in [3.63, 3.8) is 0 Å². The summed E-state index contributed by atoms with van der Waals surface area (Å²) in [6, 6.07) is 23.1. The maximum Gasteiger partial charge on any atom is 0.289 e. The van der Waals surface area contributed by atoms with Crippen LogP contribution in [-0.2, 0) is 24.4 Å². The Hall–Kier alpha value is -2.76. The van der Waals surface area contributed by atoms with E-state index in [1.807, 2.05) is 48.5 Å². The molecule has 1 aliphatic rings. The lowest BCUT2D eigenvalue weighted by atomic mass is 10.1. The molecular formula is C25H22ClNO3S. The number of amides is 2. The summed E-state index contributed by atoms with van der Waals surface area (Å²) >= 11 is 7.00. The minimum absolute atomic E-state index is 0.148. The molecule has 0 bridgehead atoms. The average molecular weight is 452 g/mol. The third-order valence-electron chi connectivity index (χ3n) is 5.09. The van der Waals surface area contributed by atoms with Gasteiger partial charge in [0.15, 0.2) is 0 Å². The number of rotatable bonds is 7. The van der Waals surface area contributed by atoms with Crippen molar-refractivity contribution in [3.8, 4) is 5.75 Å². The van der Waals surface area contributed by atoms with Gasteiger partial charge in [0.1, 0.15) is 12.4 Å². The van der Waals surface area contributed by atoms with E-state index in [-0.39, 0.29) is 17.7 Å². The SMILES string of the molecule is Cc1cccc(COc2ccc(C[C@@H]3SC(=O)N(Cc4ccc(Cl)cc4)C3=O)cc2)c1. The average Bonchev–Trinajstić information content (AvgIpc) is 3.02. The van der Waals surface area contributed by atoms with Gasteiger partial charge in [-0.05, 0) is 54.3 Å². The first kappa shape index (κ1) is 21.5. The normalized spacial score (nSPS) is 16.1. The second-order valence-corrected chi connectivity index (χ2v) is 9.14. The van der Waals surface area contributed by atoms with Crippen molar-refractivity contribution >= 4 is 34.5 Å². The first-order chi connectivity index (χ1) is 15.0. The van der Waals surface area contributed by atoms with Gasteiger partial charge >= 0.3 is 0 Å². The third-order valence-corrected chi connectivity index (χ3v) is 6.42. The summed E-state index contributed by atoms with van der Waals surface area (Å²) in [5.74, 6) is 0.626. The highest BCUT2D eigenvalue weighted by molar-refractivity contribution is 8.15. The topological polar surface area (TPSA) is 46.6 Å². The maximum absolute atomic E-state index is 12.8. The van der Waals surface area contributed by atoms with Crippen molar-refractivity contribution in [1.82, 2.24) is 4.90 Å². The van der Waals surface area contributed by atoms with Gasteiger partial charge in [0, 0.05) is 5.02 Å². The summed E-state index contributed by atoms with van der Waals surface area (Å²) in [6.45, 7) is 2.83. The van der Waals surface area contributed by atoms with Crippen LogP contribution in [0.1, 0.15) is 22.3 Å². The Morgan fingerprint density at radius 1 is 0.935 bits per heavy atom. The van der Waals surface area contributed by atoms with Crippen LogP contribution in [0.5, 0.6) is 5.75 Å². The van der Waals surface area contributed by atoms with Crippen molar-refractivity contribution in [1.29, 1.82) is 0 Å². The van der Waals surface area contributed by atoms with Crippen LogP contribution in [0.4, 0.5) is 4.79 Å². The number of aryl methyl sites for hydroxylation is 1. The van der Waals surface area contributed by atoms with Gasteiger partial charge in [-0.3, -0.25) is 14.5 Å². The van der Waals surface area contributed by atoms with E-state index in [1.165, 1.54) is 10.5 Å². The van der Waals surface area contributed by atoms with Gasteiger partial charge in [-0.2, -0.15) is 0 Å². The molecule has 3 aromatic carbocycles. The Morgan fingerprint density at radius 3 is 2.35 bits per heavy atom. The molecule has 1 atom stereocenters. The molecule has 6 heteroatoms. The first-order valence-corrected chi connectivity index (χ1v) is 11.3. The number of imide groups is 1. The zero-order chi connectivity index (χ0) is 21.8. The molecule has 3 aromatic rings. The summed E-state index contributed by atoms with van der Waals surface area (Å²) in [6.07, 6.45) is 0.504. The van der Waals surface area contributed by atoms with Crippen molar-refractivity contribution in [3.05, 3.63) is 100 Å². The second kappa shape index (κ2) is 9.58. The van der Waals surface area contributed by atoms with Crippen LogP contribution in [0.2, 0.25) is 5.02 Å². The highest BCUT2D eigenvalue weighted by atomic mass is 35.5. The van der Waals surface area contributed by atoms with Gasteiger partial charge in [-0.15, -0.1) is 0 Å². The number of thioether (sulfide) groups is 1. The molecule has 1 heterocycles. The Bertz CT molecular complexity index is 1080. The lowest BCUT2D eigenvalue weighted by Gasteiger charge is -2.14. The monoisotopic (exact) mass is 451 g/mol. The molecule has 1 fully saturated rings. The van der Waals surface area contributed by atoms with Crippen molar-refractivity contribution in [2.45, 2.75) is 31.7 Å². The van der Waals surface area contributed by atoms with E-state index in [9.17, 15) is 9.59 Å². The highest BCUT2D eigenvalue weighted by Crippen LogP contribution is 2.31. The van der Waals surface area contributed by atoms with E-state index < -0.39 is 5.25 Å². The number of halogens is 1. The van der Waals surface area contributed by atoms with Gasteiger partial charge in [0.25, 0.3) is 5.24 Å². The summed E-state index contributed by atoms with van der Waals surface area (Å²) in [7, 11) is 0. The summed E-state index contributed by atoms with van der Waals surface area (Å²) in [5.41, 5.74) is 4.20. The van der Waals surface area contributed by atoms with Crippen molar-refractivity contribution < 1.29 is 14.3 Å². The minimum atomic E-state index is -0.404. The largest absolute Gasteiger partial charge is 0.489 e. The summed E-state index contributed by atoms with van der Waals surface area (Å²) < 4.78 is 5.86. The fourth-order valence-electron chi connectivity index (χ4n) is 3.45. The standard InChI is InChI=1S/C25H22ClNO3S/c1-17-3-2-4-20(13-17)16-30-22-11-7-18(8-12-22)14-23-24(28)27(25(29)31-23)15-19-5-9-21(26)10-6-19/h2-13,23H,14-16H2,1H3/t23-/m0/s1. The zero-order valence-electron chi connectivity index (χ0n) is 17.1. The van der Waals surface area contributed by atoms with E-state index in [1.54, 1.807) is 12.1 Å². The number of benzene rings is 3. The minimum Gasteiger partial charge on any atom is -0.489 e. The third kappa shape index (κ3) is 5.49. The van der Waals surface area contributed by atoms with Gasteiger partial charge in [-0.25, -0.2) is 0 Å². The number of hydrogen-bond donors (Lipinski definition) is 0. The lowest BCUT2D eigenvalue weighted by Crippen LogP contribution is -2.31. The van der Waals surface area contributed by atoms with E-state index in [0.29, 0.717) is 18.1 Å². The fraction of sp³-hybridized carbons (Fsp3) is 0.200. The first-order valence-electron chi connectivity index (χ1n) is 10.0. The van der Waals surface area contributed by atoms with E-state index in [4.69, 9.17) is 16.3 Å². The molecule has 158 valence electrons. The number of carbonyl (C=O) groups excluding carboxylic acids is 2. The van der Waals surface area contributed by atoms with Crippen LogP contribution in [0.25, 0.3) is 0 Å². The van der Waals surface area contributed by atoms with Gasteiger partial charge in [0.2, 0.25) is 5.91 Å². The molecular weight excluding hydrogens is 430 g/mol. The highest BCUT2D eigenvalue weighted by Gasteiger charge is 2.39. The molecule has 4 rings (SSSR count). The van der Waals surface area contributed by atoms with Gasteiger partial charge in [0.05, 0.1) is 11.8 Å². The number of hydrogen-bond acceptors (Lipinski definition) is 4. The number of carbonyl (C=O) groups is 2. The molecule has 0 N–H and O–H groups in total. The van der Waals surface area contributed by atoms with Crippen molar-refractivity contribution in [2.75, 3.05) is 0 Å². The Labute approximate surface area is 191 Å². The van der Waals surface area contributed by atoms with E-state index >= 15 is 0 Å². The maximum atomic E-state index is 12.8. The molecule has 0 aliphatic carbocycles. The number of nitrogens with zero attached hydrogens (tertiary/aromatic N) is 1. The molecule has 4 nitrogen and oxygen atoms in total. The van der Waals surface area contributed by atoms with Gasteiger partial charge in [-0.1, -0.05) is 77.5 Å². The predicted molar refractivity (Wildman–Crippen MR) is 124 cm³/mol. The van der Waals surface area contributed by atoms with Crippen LogP contribution in [-0.4, -0.2) is 21.3 Å².